The Hall–Kier alpha value is -1.36. The van der Waals surface area contributed by atoms with E-state index in [0.29, 0.717) is 5.75 Å². The van der Waals surface area contributed by atoms with Gasteiger partial charge < -0.3 is 4.57 Å². The highest BCUT2D eigenvalue weighted by Gasteiger charge is 2.07. The third kappa shape index (κ3) is 2.85. The first-order valence-corrected chi connectivity index (χ1v) is 6.46. The highest BCUT2D eigenvalue weighted by Crippen LogP contribution is 2.21. The Labute approximate surface area is 104 Å². The predicted octanol–water partition coefficient (Wildman–Crippen LogP) is 3.04. The zero-order chi connectivity index (χ0) is 12.3. The van der Waals surface area contributed by atoms with Gasteiger partial charge in [0.1, 0.15) is 11.6 Å². The van der Waals surface area contributed by atoms with E-state index in [2.05, 4.69) is 17.1 Å². The van der Waals surface area contributed by atoms with Crippen molar-refractivity contribution in [2.75, 3.05) is 0 Å². The van der Waals surface area contributed by atoms with E-state index in [9.17, 15) is 4.39 Å². The Morgan fingerprint density at radius 2 is 2.18 bits per heavy atom. The van der Waals surface area contributed by atoms with Crippen molar-refractivity contribution in [2.24, 2.45) is 0 Å². The molecule has 0 aliphatic heterocycles. The van der Waals surface area contributed by atoms with Gasteiger partial charge in [0.25, 0.3) is 0 Å². The van der Waals surface area contributed by atoms with Crippen LogP contribution in [0.25, 0.3) is 0 Å². The molecule has 0 amide bonds. The number of rotatable bonds is 4. The minimum atomic E-state index is -0.198. The molecule has 1 aromatic carbocycles. The molecule has 5 heteroatoms. The lowest BCUT2D eigenvalue weighted by Gasteiger charge is -2.04. The van der Waals surface area contributed by atoms with Gasteiger partial charge in [-0.1, -0.05) is 23.9 Å². The zero-order valence-electron chi connectivity index (χ0n) is 9.85. The van der Waals surface area contributed by atoms with Crippen molar-refractivity contribution in [3.8, 4) is 0 Å². The van der Waals surface area contributed by atoms with E-state index in [4.69, 9.17) is 0 Å². The highest BCUT2D eigenvalue weighted by atomic mass is 32.2. The SMILES string of the molecule is CCn1c(C)nnc1SCc1cccc(F)c1. The fraction of sp³-hybridized carbons (Fsp3) is 0.333. The van der Waals surface area contributed by atoms with Gasteiger partial charge in [-0.25, -0.2) is 4.39 Å². The maximum atomic E-state index is 13.0. The molecule has 0 saturated carbocycles. The summed E-state index contributed by atoms with van der Waals surface area (Å²) in [5.74, 6) is 1.42. The molecule has 0 bridgehead atoms. The van der Waals surface area contributed by atoms with Gasteiger partial charge in [-0.15, -0.1) is 10.2 Å². The lowest BCUT2D eigenvalue weighted by atomic mass is 10.2. The molecule has 2 rings (SSSR count). The van der Waals surface area contributed by atoms with Crippen LogP contribution in [0, 0.1) is 12.7 Å². The number of hydrogen-bond donors (Lipinski definition) is 0. The molecule has 0 spiro atoms. The average molecular weight is 251 g/mol. The molecule has 0 unspecified atom stereocenters. The number of aromatic nitrogens is 3. The van der Waals surface area contributed by atoms with Gasteiger partial charge in [-0.3, -0.25) is 0 Å². The maximum Gasteiger partial charge on any atom is 0.191 e. The maximum absolute atomic E-state index is 13.0. The van der Waals surface area contributed by atoms with E-state index in [1.54, 1.807) is 23.9 Å². The molecule has 0 aliphatic rings. The highest BCUT2D eigenvalue weighted by molar-refractivity contribution is 7.98. The molecule has 3 nitrogen and oxygen atoms in total. The van der Waals surface area contributed by atoms with Crippen molar-refractivity contribution in [1.82, 2.24) is 14.8 Å². The molecular weight excluding hydrogens is 237 g/mol. The largest absolute Gasteiger partial charge is 0.307 e. The Morgan fingerprint density at radius 3 is 2.88 bits per heavy atom. The van der Waals surface area contributed by atoms with E-state index < -0.39 is 0 Å². The number of thioether (sulfide) groups is 1. The summed E-state index contributed by atoms with van der Waals surface area (Å²) in [6.07, 6.45) is 0. The molecule has 0 aliphatic carbocycles. The van der Waals surface area contributed by atoms with Crippen LogP contribution in [0.3, 0.4) is 0 Å². The van der Waals surface area contributed by atoms with Crippen LogP contribution in [-0.2, 0) is 12.3 Å². The van der Waals surface area contributed by atoms with E-state index >= 15 is 0 Å². The van der Waals surface area contributed by atoms with E-state index in [1.165, 1.54) is 6.07 Å². The van der Waals surface area contributed by atoms with Gasteiger partial charge in [0.2, 0.25) is 0 Å². The molecule has 0 fully saturated rings. The third-order valence-electron chi connectivity index (χ3n) is 2.47. The smallest absolute Gasteiger partial charge is 0.191 e. The zero-order valence-corrected chi connectivity index (χ0v) is 10.7. The first-order chi connectivity index (χ1) is 8.20. The van der Waals surface area contributed by atoms with Crippen molar-refractivity contribution in [1.29, 1.82) is 0 Å². The summed E-state index contributed by atoms with van der Waals surface area (Å²) in [7, 11) is 0. The second-order valence-electron chi connectivity index (χ2n) is 3.69. The van der Waals surface area contributed by atoms with Crippen LogP contribution < -0.4 is 0 Å². The summed E-state index contributed by atoms with van der Waals surface area (Å²) in [5.41, 5.74) is 0.957. The molecule has 0 atom stereocenters. The van der Waals surface area contributed by atoms with Gasteiger partial charge in [-0.2, -0.15) is 0 Å². The second-order valence-corrected chi connectivity index (χ2v) is 4.64. The standard InChI is InChI=1S/C12H14FN3S/c1-3-16-9(2)14-15-12(16)17-8-10-5-4-6-11(13)7-10/h4-7H,3,8H2,1-2H3. The quantitative estimate of drug-likeness (QED) is 0.782. The van der Waals surface area contributed by atoms with Crippen LogP contribution in [0.5, 0.6) is 0 Å². The molecule has 17 heavy (non-hydrogen) atoms. The average Bonchev–Trinajstić information content (AvgIpc) is 2.67. The Kier molecular flexibility index (Phi) is 3.78. The molecule has 2 aromatic rings. The van der Waals surface area contributed by atoms with Gasteiger partial charge >= 0.3 is 0 Å². The minimum absolute atomic E-state index is 0.198. The third-order valence-corrected chi connectivity index (χ3v) is 3.51. The lowest BCUT2D eigenvalue weighted by molar-refractivity contribution is 0.626. The van der Waals surface area contributed by atoms with Gasteiger partial charge in [-0.05, 0) is 31.5 Å². The number of aryl methyl sites for hydroxylation is 1. The number of halogens is 1. The Bertz CT molecular complexity index is 510. The monoisotopic (exact) mass is 251 g/mol. The normalized spacial score (nSPS) is 10.8. The first kappa shape index (κ1) is 12.1. The van der Waals surface area contributed by atoms with Crippen molar-refractivity contribution < 1.29 is 4.39 Å². The summed E-state index contributed by atoms with van der Waals surface area (Å²) in [6.45, 7) is 4.84. The fourth-order valence-corrected chi connectivity index (χ4v) is 2.60. The molecular formula is C12H14FN3S. The second kappa shape index (κ2) is 5.31. The van der Waals surface area contributed by atoms with Crippen molar-refractivity contribution in [3.05, 3.63) is 41.5 Å². The van der Waals surface area contributed by atoms with E-state index in [0.717, 1.165) is 23.1 Å². The topological polar surface area (TPSA) is 30.7 Å². The van der Waals surface area contributed by atoms with Gasteiger partial charge in [0, 0.05) is 12.3 Å². The van der Waals surface area contributed by atoms with Crippen LogP contribution in [-0.4, -0.2) is 14.8 Å². The summed E-state index contributed by atoms with van der Waals surface area (Å²) in [6, 6.07) is 6.63. The van der Waals surface area contributed by atoms with Gasteiger partial charge in [0.15, 0.2) is 5.16 Å². The number of hydrogen-bond acceptors (Lipinski definition) is 3. The number of nitrogens with zero attached hydrogens (tertiary/aromatic N) is 3. The van der Waals surface area contributed by atoms with Crippen molar-refractivity contribution in [3.63, 3.8) is 0 Å². The minimum Gasteiger partial charge on any atom is -0.307 e. The summed E-state index contributed by atoms with van der Waals surface area (Å²) in [5, 5.41) is 9.03. The first-order valence-electron chi connectivity index (χ1n) is 5.47. The Balaban J connectivity index is 2.07. The molecule has 1 aromatic heterocycles. The van der Waals surface area contributed by atoms with E-state index in [-0.39, 0.29) is 5.82 Å². The van der Waals surface area contributed by atoms with Crippen LogP contribution in [0.4, 0.5) is 4.39 Å². The molecule has 0 radical (unpaired) electrons. The molecule has 0 saturated heterocycles. The van der Waals surface area contributed by atoms with Crippen molar-refractivity contribution in [2.45, 2.75) is 31.3 Å². The van der Waals surface area contributed by atoms with Gasteiger partial charge in [0.05, 0.1) is 0 Å². The van der Waals surface area contributed by atoms with E-state index in [1.807, 2.05) is 17.6 Å². The summed E-state index contributed by atoms with van der Waals surface area (Å²) < 4.78 is 15.0. The van der Waals surface area contributed by atoms with Crippen LogP contribution in [0.2, 0.25) is 0 Å². The lowest BCUT2D eigenvalue weighted by Crippen LogP contribution is -1.99. The molecule has 1 heterocycles. The Morgan fingerprint density at radius 1 is 1.35 bits per heavy atom. The van der Waals surface area contributed by atoms with Crippen LogP contribution in [0.15, 0.2) is 29.4 Å². The molecule has 90 valence electrons. The fourth-order valence-electron chi connectivity index (χ4n) is 1.61. The number of benzene rings is 1. The van der Waals surface area contributed by atoms with Crippen LogP contribution >= 0.6 is 11.8 Å². The van der Waals surface area contributed by atoms with Crippen LogP contribution in [0.1, 0.15) is 18.3 Å². The summed E-state index contributed by atoms with van der Waals surface area (Å²) >= 11 is 1.58. The predicted molar refractivity (Wildman–Crippen MR) is 66.4 cm³/mol. The molecule has 0 N–H and O–H groups in total. The summed E-state index contributed by atoms with van der Waals surface area (Å²) in [4.78, 5) is 0. The van der Waals surface area contributed by atoms with Crippen molar-refractivity contribution >= 4 is 11.8 Å².